The molecule has 0 aliphatic heterocycles. The average Bonchev–Trinajstić information content (AvgIpc) is 2.28. The van der Waals surface area contributed by atoms with Gasteiger partial charge in [0.1, 0.15) is 17.2 Å². The van der Waals surface area contributed by atoms with E-state index < -0.39 is 9.05 Å². The van der Waals surface area contributed by atoms with E-state index >= 15 is 0 Å². The Morgan fingerprint density at radius 2 is 2.29 bits per heavy atom. The van der Waals surface area contributed by atoms with Crippen molar-refractivity contribution in [1.29, 1.82) is 0 Å². The molecule has 1 fully saturated rings. The van der Waals surface area contributed by atoms with Crippen LogP contribution in [0.2, 0.25) is 0 Å². The van der Waals surface area contributed by atoms with E-state index in [1.54, 1.807) is 6.07 Å². The van der Waals surface area contributed by atoms with Crippen molar-refractivity contribution in [3.63, 3.8) is 0 Å². The van der Waals surface area contributed by atoms with Gasteiger partial charge in [0.2, 0.25) is 9.05 Å². The Labute approximate surface area is 86.6 Å². The molecule has 0 N–H and O–H groups in total. The van der Waals surface area contributed by atoms with Gasteiger partial charge in [0.15, 0.2) is 0 Å². The van der Waals surface area contributed by atoms with Crippen LogP contribution in [0.1, 0.15) is 36.6 Å². The summed E-state index contributed by atoms with van der Waals surface area (Å²) < 4.78 is 26.5. The fourth-order valence-corrected chi connectivity index (χ4v) is 2.28. The van der Waals surface area contributed by atoms with E-state index in [0.717, 1.165) is 18.6 Å². The molecule has 1 aliphatic rings. The maximum atomic E-state index is 10.7. The molecule has 1 aliphatic carbocycles. The predicted octanol–water partition coefficient (Wildman–Crippen LogP) is 2.01. The van der Waals surface area contributed by atoms with Crippen LogP contribution in [0.4, 0.5) is 0 Å². The van der Waals surface area contributed by atoms with Gasteiger partial charge in [-0.1, -0.05) is 11.6 Å². The van der Waals surface area contributed by atoms with E-state index in [1.807, 2.05) is 0 Å². The van der Waals surface area contributed by atoms with Crippen molar-refractivity contribution in [2.45, 2.75) is 30.9 Å². The standard InChI is InChI=1S/C8H10ClNO3S/c9-14(11,12)5-7-4-8(13-10-7)6-2-1-3-6/h4,6H,1-3,5H2. The third-order valence-electron chi connectivity index (χ3n) is 2.41. The number of nitrogens with zero attached hydrogens (tertiary/aromatic N) is 1. The van der Waals surface area contributed by atoms with Gasteiger partial charge in [-0.2, -0.15) is 0 Å². The Balaban J connectivity index is 2.09. The van der Waals surface area contributed by atoms with Crippen LogP contribution in [-0.2, 0) is 14.8 Å². The predicted molar refractivity (Wildman–Crippen MR) is 51.6 cm³/mol. The minimum atomic E-state index is -3.53. The van der Waals surface area contributed by atoms with Crippen LogP contribution in [0, 0.1) is 0 Å². The van der Waals surface area contributed by atoms with Gasteiger partial charge in [-0.05, 0) is 12.8 Å². The zero-order chi connectivity index (χ0) is 10.2. The van der Waals surface area contributed by atoms with E-state index in [1.165, 1.54) is 6.42 Å². The van der Waals surface area contributed by atoms with Gasteiger partial charge in [-0.3, -0.25) is 0 Å². The number of hydrogen-bond donors (Lipinski definition) is 0. The summed E-state index contributed by atoms with van der Waals surface area (Å²) in [4.78, 5) is 0. The second-order valence-corrected chi connectivity index (χ2v) is 6.31. The molecule has 2 rings (SSSR count). The Morgan fingerprint density at radius 1 is 1.57 bits per heavy atom. The van der Waals surface area contributed by atoms with Crippen LogP contribution < -0.4 is 0 Å². The Kier molecular flexibility index (Phi) is 2.53. The maximum absolute atomic E-state index is 10.7. The Morgan fingerprint density at radius 3 is 2.79 bits per heavy atom. The molecule has 1 saturated carbocycles. The second kappa shape index (κ2) is 3.55. The van der Waals surface area contributed by atoms with Crippen LogP contribution in [0.25, 0.3) is 0 Å². The van der Waals surface area contributed by atoms with Gasteiger partial charge in [0.25, 0.3) is 0 Å². The highest BCUT2D eigenvalue weighted by Crippen LogP contribution is 2.36. The molecule has 6 heteroatoms. The van der Waals surface area contributed by atoms with Gasteiger partial charge in [-0.15, -0.1) is 0 Å². The third-order valence-corrected chi connectivity index (χ3v) is 3.37. The molecule has 0 atom stereocenters. The number of hydrogen-bond acceptors (Lipinski definition) is 4. The molecular formula is C8H10ClNO3S. The third kappa shape index (κ3) is 2.27. The SMILES string of the molecule is O=S(=O)(Cl)Cc1cc(C2CCC2)on1. The van der Waals surface area contributed by atoms with E-state index in [4.69, 9.17) is 15.2 Å². The minimum absolute atomic E-state index is 0.259. The molecule has 1 heterocycles. The van der Waals surface area contributed by atoms with Crippen molar-refractivity contribution >= 4 is 19.7 Å². The van der Waals surface area contributed by atoms with Crippen LogP contribution in [0.15, 0.2) is 10.6 Å². The van der Waals surface area contributed by atoms with Gasteiger partial charge in [0, 0.05) is 22.7 Å². The van der Waals surface area contributed by atoms with Crippen molar-refractivity contribution in [3.05, 3.63) is 17.5 Å². The lowest BCUT2D eigenvalue weighted by molar-refractivity contribution is 0.299. The van der Waals surface area contributed by atoms with Gasteiger partial charge < -0.3 is 4.52 Å². The lowest BCUT2D eigenvalue weighted by Crippen LogP contribution is -2.07. The first-order valence-electron chi connectivity index (χ1n) is 4.42. The van der Waals surface area contributed by atoms with E-state index in [2.05, 4.69) is 5.16 Å². The quantitative estimate of drug-likeness (QED) is 0.752. The summed E-state index contributed by atoms with van der Waals surface area (Å²) in [7, 11) is 1.57. The summed E-state index contributed by atoms with van der Waals surface area (Å²) in [6, 6.07) is 1.68. The van der Waals surface area contributed by atoms with E-state index in [0.29, 0.717) is 11.6 Å². The zero-order valence-electron chi connectivity index (χ0n) is 7.44. The average molecular weight is 236 g/mol. The van der Waals surface area contributed by atoms with Gasteiger partial charge in [-0.25, -0.2) is 8.42 Å². The molecule has 1 aromatic rings. The summed E-state index contributed by atoms with van der Waals surface area (Å²) in [5.41, 5.74) is 0.391. The van der Waals surface area contributed by atoms with Crippen LogP contribution in [0.3, 0.4) is 0 Å². The molecule has 4 nitrogen and oxygen atoms in total. The van der Waals surface area contributed by atoms with E-state index in [9.17, 15) is 8.42 Å². The summed E-state index contributed by atoms with van der Waals surface area (Å²) in [5.74, 6) is 0.950. The molecule has 0 bridgehead atoms. The van der Waals surface area contributed by atoms with Crippen LogP contribution in [0.5, 0.6) is 0 Å². The van der Waals surface area contributed by atoms with Crippen molar-refractivity contribution in [1.82, 2.24) is 5.16 Å². The van der Waals surface area contributed by atoms with Crippen LogP contribution in [-0.4, -0.2) is 13.6 Å². The molecule has 14 heavy (non-hydrogen) atoms. The fourth-order valence-electron chi connectivity index (χ4n) is 1.46. The summed E-state index contributed by atoms with van der Waals surface area (Å²) in [5, 5.41) is 3.67. The fraction of sp³-hybridized carbons (Fsp3) is 0.625. The molecule has 0 radical (unpaired) electrons. The first-order chi connectivity index (χ1) is 6.54. The summed E-state index contributed by atoms with van der Waals surface area (Å²) in [6.07, 6.45) is 3.40. The van der Waals surface area contributed by atoms with Crippen LogP contribution >= 0.6 is 10.7 Å². The van der Waals surface area contributed by atoms with Crippen molar-refractivity contribution in [2.24, 2.45) is 0 Å². The molecule has 0 unspecified atom stereocenters. The topological polar surface area (TPSA) is 60.2 Å². The minimum Gasteiger partial charge on any atom is -0.361 e. The molecule has 0 aromatic carbocycles. The highest BCUT2D eigenvalue weighted by molar-refractivity contribution is 8.13. The normalized spacial score (nSPS) is 18.1. The first kappa shape index (κ1) is 9.98. The molecule has 0 saturated heterocycles. The van der Waals surface area contributed by atoms with E-state index in [-0.39, 0.29) is 5.75 Å². The number of halogens is 1. The first-order valence-corrected chi connectivity index (χ1v) is 6.90. The van der Waals surface area contributed by atoms with Crippen molar-refractivity contribution in [3.8, 4) is 0 Å². The monoisotopic (exact) mass is 235 g/mol. The van der Waals surface area contributed by atoms with Gasteiger partial charge >= 0.3 is 0 Å². The Bertz CT molecular complexity index is 422. The molecule has 0 amide bonds. The Hall–Kier alpha value is -0.550. The largest absolute Gasteiger partial charge is 0.361 e. The lowest BCUT2D eigenvalue weighted by Gasteiger charge is -2.21. The smallest absolute Gasteiger partial charge is 0.238 e. The maximum Gasteiger partial charge on any atom is 0.238 e. The molecule has 1 aromatic heterocycles. The zero-order valence-corrected chi connectivity index (χ0v) is 9.01. The number of rotatable bonds is 3. The highest BCUT2D eigenvalue weighted by atomic mass is 35.7. The molecular weight excluding hydrogens is 226 g/mol. The van der Waals surface area contributed by atoms with Gasteiger partial charge in [0.05, 0.1) is 0 Å². The highest BCUT2D eigenvalue weighted by Gasteiger charge is 2.24. The molecule has 78 valence electrons. The van der Waals surface area contributed by atoms with Crippen molar-refractivity contribution < 1.29 is 12.9 Å². The van der Waals surface area contributed by atoms with Crippen molar-refractivity contribution in [2.75, 3.05) is 0 Å². The summed E-state index contributed by atoms with van der Waals surface area (Å²) >= 11 is 0. The summed E-state index contributed by atoms with van der Waals surface area (Å²) in [6.45, 7) is 0. The molecule has 0 spiro atoms. The lowest BCUT2D eigenvalue weighted by atomic mass is 9.83. The second-order valence-electron chi connectivity index (χ2n) is 3.53. The number of aromatic nitrogens is 1.